The van der Waals surface area contributed by atoms with Crippen LogP contribution in [-0.2, 0) is 29.6 Å². The van der Waals surface area contributed by atoms with E-state index in [0.29, 0.717) is 16.9 Å². The molecular formula is C21H37NO7P+. The Balaban J connectivity index is 2.55. The number of hydrogen-bond donors (Lipinski definition) is 2. The molecule has 0 aromatic heterocycles. The van der Waals surface area contributed by atoms with Crippen molar-refractivity contribution in [2.24, 2.45) is 5.92 Å². The molecule has 0 saturated carbocycles. The van der Waals surface area contributed by atoms with Crippen molar-refractivity contribution in [3.8, 4) is 0 Å². The Morgan fingerprint density at radius 2 is 1.70 bits per heavy atom. The first-order valence-corrected chi connectivity index (χ1v) is 11.6. The Morgan fingerprint density at radius 3 is 2.20 bits per heavy atom. The number of aliphatic hydroxyl groups is 1. The van der Waals surface area contributed by atoms with Gasteiger partial charge in [-0.1, -0.05) is 38.1 Å². The summed E-state index contributed by atoms with van der Waals surface area (Å²) in [7, 11) is 1.47. The minimum atomic E-state index is -4.30. The van der Waals surface area contributed by atoms with Gasteiger partial charge in [0.05, 0.1) is 40.3 Å². The molecular weight excluding hydrogens is 409 g/mol. The van der Waals surface area contributed by atoms with Gasteiger partial charge in [0.1, 0.15) is 19.3 Å². The van der Waals surface area contributed by atoms with Crippen molar-refractivity contribution >= 4 is 13.8 Å². The molecule has 3 atom stereocenters. The summed E-state index contributed by atoms with van der Waals surface area (Å²) in [6.45, 7) is 5.56. The van der Waals surface area contributed by atoms with Gasteiger partial charge in [-0.2, -0.15) is 0 Å². The number of aliphatic hydroxyl groups excluding tert-OH is 1. The maximum atomic E-state index is 12.4. The lowest BCUT2D eigenvalue weighted by atomic mass is 9.97. The minimum Gasteiger partial charge on any atom is -0.457 e. The average molecular weight is 447 g/mol. The molecule has 1 aromatic carbocycles. The fraction of sp³-hybridized carbons (Fsp3) is 0.667. The van der Waals surface area contributed by atoms with Crippen LogP contribution in [0.25, 0.3) is 0 Å². The summed E-state index contributed by atoms with van der Waals surface area (Å²) >= 11 is 0. The van der Waals surface area contributed by atoms with Crippen LogP contribution in [0.3, 0.4) is 0 Å². The zero-order valence-corrected chi connectivity index (χ0v) is 19.8. The van der Waals surface area contributed by atoms with Gasteiger partial charge in [-0.25, -0.2) is 4.57 Å². The molecule has 0 aliphatic rings. The summed E-state index contributed by atoms with van der Waals surface area (Å²) in [5, 5.41) is 9.46. The highest BCUT2D eigenvalue weighted by molar-refractivity contribution is 7.47. The predicted octanol–water partition coefficient (Wildman–Crippen LogP) is 2.73. The fourth-order valence-electron chi connectivity index (χ4n) is 2.58. The second-order valence-electron chi connectivity index (χ2n) is 8.91. The molecule has 0 aliphatic heterocycles. The third-order valence-electron chi connectivity index (χ3n) is 4.40. The second kappa shape index (κ2) is 11.9. The van der Waals surface area contributed by atoms with Crippen LogP contribution in [0.15, 0.2) is 24.3 Å². The fourth-order valence-corrected chi connectivity index (χ4v) is 3.33. The predicted molar refractivity (Wildman–Crippen MR) is 115 cm³/mol. The van der Waals surface area contributed by atoms with Crippen LogP contribution < -0.4 is 0 Å². The standard InChI is InChI=1S/C21H36NO7P/c1-16(2)13-18-7-9-19(10-8-18)17(3)21(24)29-20(14-23)15-28-30(25,26)27-12-11-22(4,5)6/h7-10,16-17,20,23H,11-15H2,1-6H3/p+1/t17?,20-/m1/s1. The average Bonchev–Trinajstić information content (AvgIpc) is 2.63. The Morgan fingerprint density at radius 1 is 1.10 bits per heavy atom. The van der Waals surface area contributed by atoms with E-state index < -0.39 is 39.0 Å². The number of nitrogens with zero attached hydrogens (tertiary/aromatic N) is 1. The van der Waals surface area contributed by atoms with Gasteiger partial charge in [-0.05, 0) is 30.4 Å². The van der Waals surface area contributed by atoms with Crippen LogP contribution in [0.5, 0.6) is 0 Å². The molecule has 2 N–H and O–H groups in total. The first-order chi connectivity index (χ1) is 13.8. The molecule has 1 aromatic rings. The van der Waals surface area contributed by atoms with Crippen molar-refractivity contribution in [2.45, 2.75) is 39.2 Å². The lowest BCUT2D eigenvalue weighted by molar-refractivity contribution is -0.870. The number of carbonyl (C=O) groups is 1. The van der Waals surface area contributed by atoms with Gasteiger partial charge in [0.2, 0.25) is 0 Å². The third kappa shape index (κ3) is 10.7. The van der Waals surface area contributed by atoms with Crippen molar-refractivity contribution < 1.29 is 37.6 Å². The summed E-state index contributed by atoms with van der Waals surface area (Å²) < 4.78 is 27.6. The van der Waals surface area contributed by atoms with Crippen LogP contribution in [0, 0.1) is 5.92 Å². The number of benzene rings is 1. The molecule has 0 aliphatic carbocycles. The van der Waals surface area contributed by atoms with E-state index in [1.807, 2.05) is 45.4 Å². The number of rotatable bonds is 13. The maximum Gasteiger partial charge on any atom is 0.472 e. The molecule has 172 valence electrons. The maximum absolute atomic E-state index is 12.4. The normalized spacial score (nSPS) is 16.2. The van der Waals surface area contributed by atoms with Crippen LogP contribution >= 0.6 is 7.82 Å². The Kier molecular flexibility index (Phi) is 10.6. The van der Waals surface area contributed by atoms with E-state index in [0.717, 1.165) is 12.0 Å². The topological polar surface area (TPSA) is 102 Å². The first-order valence-electron chi connectivity index (χ1n) is 10.2. The monoisotopic (exact) mass is 446 g/mol. The quantitative estimate of drug-likeness (QED) is 0.273. The Labute approximate surface area is 180 Å². The number of carbonyl (C=O) groups excluding carboxylic acids is 1. The lowest BCUT2D eigenvalue weighted by Gasteiger charge is -2.24. The Hall–Kier alpha value is -1.28. The zero-order valence-electron chi connectivity index (χ0n) is 18.9. The highest BCUT2D eigenvalue weighted by Gasteiger charge is 2.27. The highest BCUT2D eigenvalue weighted by atomic mass is 31.2. The molecule has 0 spiro atoms. The number of phosphoric ester groups is 1. The molecule has 0 saturated heterocycles. The van der Waals surface area contributed by atoms with E-state index in [1.54, 1.807) is 6.92 Å². The number of esters is 1. The number of quaternary nitrogens is 1. The van der Waals surface area contributed by atoms with Crippen LogP contribution in [0.1, 0.15) is 37.8 Å². The molecule has 0 amide bonds. The van der Waals surface area contributed by atoms with Crippen LogP contribution in [0.4, 0.5) is 0 Å². The van der Waals surface area contributed by atoms with Gasteiger partial charge >= 0.3 is 13.8 Å². The van der Waals surface area contributed by atoms with E-state index in [4.69, 9.17) is 13.8 Å². The minimum absolute atomic E-state index is 0.0324. The smallest absolute Gasteiger partial charge is 0.457 e. The Bertz CT molecular complexity index is 700. The molecule has 0 fully saturated rings. The largest absolute Gasteiger partial charge is 0.472 e. The van der Waals surface area contributed by atoms with Gasteiger partial charge in [0.25, 0.3) is 0 Å². The molecule has 30 heavy (non-hydrogen) atoms. The van der Waals surface area contributed by atoms with Crippen LogP contribution in [0.2, 0.25) is 0 Å². The van der Waals surface area contributed by atoms with Gasteiger partial charge < -0.3 is 19.2 Å². The number of ether oxygens (including phenoxy) is 1. The summed E-state index contributed by atoms with van der Waals surface area (Å²) in [6, 6.07) is 7.75. The van der Waals surface area contributed by atoms with Gasteiger partial charge in [-0.3, -0.25) is 13.8 Å². The van der Waals surface area contributed by atoms with Crippen molar-refractivity contribution in [2.75, 3.05) is 47.5 Å². The highest BCUT2D eigenvalue weighted by Crippen LogP contribution is 2.43. The number of hydrogen-bond acceptors (Lipinski definition) is 6. The number of phosphoric acid groups is 1. The molecule has 0 radical (unpaired) electrons. The molecule has 1 rings (SSSR count). The zero-order chi connectivity index (χ0) is 22.9. The van der Waals surface area contributed by atoms with Crippen molar-refractivity contribution in [3.05, 3.63) is 35.4 Å². The van der Waals surface area contributed by atoms with Crippen molar-refractivity contribution in [1.82, 2.24) is 0 Å². The van der Waals surface area contributed by atoms with Gasteiger partial charge in [0, 0.05) is 0 Å². The summed E-state index contributed by atoms with van der Waals surface area (Å²) in [4.78, 5) is 22.2. The molecule has 0 bridgehead atoms. The molecule has 9 heteroatoms. The number of likely N-dealkylation sites (N-methyl/N-ethyl adjacent to an activating group) is 1. The van der Waals surface area contributed by atoms with E-state index in [2.05, 4.69) is 13.8 Å². The van der Waals surface area contributed by atoms with Crippen molar-refractivity contribution in [1.29, 1.82) is 0 Å². The van der Waals surface area contributed by atoms with E-state index >= 15 is 0 Å². The van der Waals surface area contributed by atoms with E-state index in [-0.39, 0.29) is 6.61 Å². The SMILES string of the molecule is CC(C)Cc1ccc(C(C)C(=O)O[C@H](CO)COP(=O)(O)OCC[N+](C)(C)C)cc1. The molecule has 2 unspecified atom stereocenters. The summed E-state index contributed by atoms with van der Waals surface area (Å²) in [5.74, 6) is -0.551. The summed E-state index contributed by atoms with van der Waals surface area (Å²) in [6.07, 6.45) is -0.108. The van der Waals surface area contributed by atoms with Crippen molar-refractivity contribution in [3.63, 3.8) is 0 Å². The third-order valence-corrected chi connectivity index (χ3v) is 5.39. The first kappa shape index (κ1) is 26.8. The van der Waals surface area contributed by atoms with E-state index in [9.17, 15) is 19.4 Å². The molecule has 8 nitrogen and oxygen atoms in total. The van der Waals surface area contributed by atoms with Gasteiger partial charge in [-0.15, -0.1) is 0 Å². The van der Waals surface area contributed by atoms with Crippen LogP contribution in [-0.4, -0.2) is 74.1 Å². The summed E-state index contributed by atoms with van der Waals surface area (Å²) in [5.41, 5.74) is 1.99. The molecule has 0 heterocycles. The second-order valence-corrected chi connectivity index (χ2v) is 10.4. The van der Waals surface area contributed by atoms with Gasteiger partial charge in [0.15, 0.2) is 0 Å². The lowest BCUT2D eigenvalue weighted by Crippen LogP contribution is -2.37. The van der Waals surface area contributed by atoms with E-state index in [1.165, 1.54) is 5.56 Å².